The van der Waals surface area contributed by atoms with Crippen molar-refractivity contribution in [3.63, 3.8) is 0 Å². The molecule has 5 rings (SSSR count). The summed E-state index contributed by atoms with van der Waals surface area (Å²) in [6.45, 7) is 0.279. The smallest absolute Gasteiger partial charge is 0.230 e. The zero-order valence-corrected chi connectivity index (χ0v) is 19.8. The molecule has 2 aromatic carbocycles. The molecule has 1 aliphatic carbocycles. The molecule has 0 fully saturated rings. The number of rotatable bonds is 6. The fourth-order valence-corrected chi connectivity index (χ4v) is 5.03. The third-order valence-electron chi connectivity index (χ3n) is 6.83. The van der Waals surface area contributed by atoms with Crippen molar-refractivity contribution in [2.75, 3.05) is 20.8 Å². The zero-order valence-electron chi connectivity index (χ0n) is 19.8. The van der Waals surface area contributed by atoms with Crippen LogP contribution in [0.5, 0.6) is 11.5 Å². The maximum Gasteiger partial charge on any atom is 0.230 e. The Morgan fingerprint density at radius 3 is 2.80 bits per heavy atom. The Bertz CT molecular complexity index is 1330. The van der Waals surface area contributed by atoms with E-state index in [2.05, 4.69) is 10.3 Å². The molecule has 1 aliphatic heterocycles. The van der Waals surface area contributed by atoms with Gasteiger partial charge in [0.15, 0.2) is 11.5 Å². The Kier molecular flexibility index (Phi) is 6.19. The van der Waals surface area contributed by atoms with Gasteiger partial charge in [-0.1, -0.05) is 0 Å². The van der Waals surface area contributed by atoms with E-state index in [4.69, 9.17) is 9.47 Å². The molecule has 2 aliphatic rings. The van der Waals surface area contributed by atoms with Gasteiger partial charge in [-0.25, -0.2) is 4.39 Å². The number of H-pyrrole nitrogens is 1. The van der Waals surface area contributed by atoms with Crippen LogP contribution in [-0.4, -0.2) is 42.5 Å². The van der Waals surface area contributed by atoms with Crippen LogP contribution < -0.4 is 14.8 Å². The molecule has 35 heavy (non-hydrogen) atoms. The van der Waals surface area contributed by atoms with Gasteiger partial charge in [-0.3, -0.25) is 9.59 Å². The van der Waals surface area contributed by atoms with E-state index in [1.807, 2.05) is 18.2 Å². The van der Waals surface area contributed by atoms with Crippen molar-refractivity contribution in [2.24, 2.45) is 0 Å². The fraction of sp³-hybridized carbons (Fsp3) is 0.333. The molecule has 2 N–H and O–H groups in total. The Balaban J connectivity index is 1.25. The maximum absolute atomic E-state index is 13.8. The quantitative estimate of drug-likeness (QED) is 0.556. The normalized spacial score (nSPS) is 17.1. The van der Waals surface area contributed by atoms with Crippen molar-refractivity contribution >= 4 is 28.8 Å². The molecule has 2 amide bonds. The number of nitrogens with one attached hydrogen (secondary N) is 2. The van der Waals surface area contributed by atoms with Crippen LogP contribution in [0, 0.1) is 5.82 Å². The lowest BCUT2D eigenvalue weighted by atomic mass is 9.91. The predicted octanol–water partition coefficient (Wildman–Crippen LogP) is 4.26. The largest absolute Gasteiger partial charge is 0.493 e. The second kappa shape index (κ2) is 9.44. The van der Waals surface area contributed by atoms with E-state index < -0.39 is 0 Å². The standard InChI is InChI=1S/C27H28FN3O4/c1-34-23-12-16-8-10-31(26(33)14-17(16)13-24(23)35-2)11-9-25(32)29-22-5-3-4-19-20-15-18(28)6-7-21(20)30-27(19)22/h6-8,10,12-13,15,22,30H,3-5,9,11,14H2,1-2H3,(H,29,32). The van der Waals surface area contributed by atoms with E-state index in [1.54, 1.807) is 37.5 Å². The molecule has 1 atom stereocenters. The van der Waals surface area contributed by atoms with E-state index in [9.17, 15) is 14.0 Å². The maximum atomic E-state index is 13.8. The third-order valence-corrected chi connectivity index (χ3v) is 6.83. The molecule has 2 heterocycles. The molecule has 0 saturated heterocycles. The van der Waals surface area contributed by atoms with E-state index >= 15 is 0 Å². The highest BCUT2D eigenvalue weighted by molar-refractivity contribution is 5.87. The van der Waals surface area contributed by atoms with E-state index in [0.29, 0.717) is 11.5 Å². The van der Waals surface area contributed by atoms with E-state index in [0.717, 1.165) is 52.5 Å². The van der Waals surface area contributed by atoms with E-state index in [-0.39, 0.29) is 43.1 Å². The minimum absolute atomic E-state index is 0.0855. The van der Waals surface area contributed by atoms with Gasteiger partial charge in [0.1, 0.15) is 5.82 Å². The molecule has 0 saturated carbocycles. The molecule has 0 spiro atoms. The molecule has 8 heteroatoms. The molecule has 0 bridgehead atoms. The van der Waals surface area contributed by atoms with Crippen molar-refractivity contribution in [1.82, 2.24) is 15.2 Å². The lowest BCUT2D eigenvalue weighted by Crippen LogP contribution is -2.35. The highest BCUT2D eigenvalue weighted by atomic mass is 19.1. The van der Waals surface area contributed by atoms with Gasteiger partial charge < -0.3 is 24.7 Å². The van der Waals surface area contributed by atoms with Gasteiger partial charge in [-0.05, 0) is 72.4 Å². The highest BCUT2D eigenvalue weighted by Crippen LogP contribution is 2.35. The molecule has 3 aromatic rings. The number of nitrogens with zero attached hydrogens (tertiary/aromatic N) is 1. The Morgan fingerprint density at radius 1 is 1.20 bits per heavy atom. The summed E-state index contributed by atoms with van der Waals surface area (Å²) in [5.74, 6) is 0.700. The molecule has 1 aromatic heterocycles. The van der Waals surface area contributed by atoms with E-state index in [1.165, 1.54) is 6.07 Å². The van der Waals surface area contributed by atoms with Gasteiger partial charge in [0, 0.05) is 35.8 Å². The van der Waals surface area contributed by atoms with Gasteiger partial charge >= 0.3 is 0 Å². The molecular formula is C27H28FN3O4. The summed E-state index contributed by atoms with van der Waals surface area (Å²) in [6, 6.07) is 8.24. The summed E-state index contributed by atoms with van der Waals surface area (Å²) in [7, 11) is 3.14. The number of aromatic nitrogens is 1. The number of carbonyl (C=O) groups excluding carboxylic acids is 2. The number of aromatic amines is 1. The summed E-state index contributed by atoms with van der Waals surface area (Å²) in [6.07, 6.45) is 6.56. The van der Waals surface area contributed by atoms with Gasteiger partial charge in [0.25, 0.3) is 0 Å². The van der Waals surface area contributed by atoms with Crippen molar-refractivity contribution in [1.29, 1.82) is 0 Å². The number of hydrogen-bond donors (Lipinski definition) is 2. The van der Waals surface area contributed by atoms with Gasteiger partial charge in [-0.15, -0.1) is 0 Å². The van der Waals surface area contributed by atoms with Crippen LogP contribution >= 0.6 is 0 Å². The number of benzene rings is 2. The number of amides is 2. The first-order valence-corrected chi connectivity index (χ1v) is 11.8. The van der Waals surface area contributed by atoms with Crippen LogP contribution in [0.4, 0.5) is 4.39 Å². The number of hydrogen-bond acceptors (Lipinski definition) is 4. The monoisotopic (exact) mass is 477 g/mol. The van der Waals surface area contributed by atoms with Gasteiger partial charge in [0.2, 0.25) is 11.8 Å². The van der Waals surface area contributed by atoms with Crippen LogP contribution in [0.3, 0.4) is 0 Å². The van der Waals surface area contributed by atoms with Gasteiger partial charge in [-0.2, -0.15) is 0 Å². The molecule has 182 valence electrons. The lowest BCUT2D eigenvalue weighted by molar-refractivity contribution is -0.128. The van der Waals surface area contributed by atoms with Crippen LogP contribution in [0.15, 0.2) is 36.5 Å². The zero-order chi connectivity index (χ0) is 24.5. The summed E-state index contributed by atoms with van der Waals surface area (Å²) in [4.78, 5) is 30.6. The Hall–Kier alpha value is -3.81. The molecule has 7 nitrogen and oxygen atoms in total. The summed E-state index contributed by atoms with van der Waals surface area (Å²) in [5, 5.41) is 3.99. The fourth-order valence-electron chi connectivity index (χ4n) is 5.03. The predicted molar refractivity (Wildman–Crippen MR) is 131 cm³/mol. The van der Waals surface area contributed by atoms with Crippen LogP contribution in [0.1, 0.15) is 47.7 Å². The van der Waals surface area contributed by atoms with Crippen molar-refractivity contribution < 1.29 is 23.5 Å². The topological polar surface area (TPSA) is 83.7 Å². The van der Waals surface area contributed by atoms with Crippen LogP contribution in [-0.2, 0) is 22.4 Å². The van der Waals surface area contributed by atoms with Crippen molar-refractivity contribution in [2.45, 2.75) is 38.1 Å². The number of fused-ring (bicyclic) bond motifs is 4. The Morgan fingerprint density at radius 2 is 2.00 bits per heavy atom. The Labute approximate surface area is 202 Å². The second-order valence-corrected chi connectivity index (χ2v) is 8.96. The third kappa shape index (κ3) is 4.48. The SMILES string of the molecule is COc1cc2c(cc1OC)CC(=O)N(CCC(=O)NC1CCCc3c1[nH]c1ccc(F)cc31)C=C2. The minimum atomic E-state index is -0.264. The molecular weight excluding hydrogens is 449 g/mol. The van der Waals surface area contributed by atoms with Gasteiger partial charge in [0.05, 0.1) is 26.7 Å². The summed E-state index contributed by atoms with van der Waals surface area (Å²) in [5.41, 5.74) is 4.64. The number of methoxy groups -OCH3 is 2. The number of carbonyl (C=O) groups is 2. The average molecular weight is 478 g/mol. The van der Waals surface area contributed by atoms with Crippen molar-refractivity contribution in [3.05, 3.63) is 64.7 Å². The molecule has 1 unspecified atom stereocenters. The first-order chi connectivity index (χ1) is 17.0. The lowest BCUT2D eigenvalue weighted by Gasteiger charge is -2.24. The van der Waals surface area contributed by atoms with Crippen molar-refractivity contribution in [3.8, 4) is 11.5 Å². The number of ether oxygens (including phenoxy) is 2. The first-order valence-electron chi connectivity index (χ1n) is 11.8. The number of aryl methyl sites for hydroxylation is 1. The number of halogens is 1. The van der Waals surface area contributed by atoms with Crippen LogP contribution in [0.2, 0.25) is 0 Å². The first kappa shape index (κ1) is 23.0. The summed E-state index contributed by atoms with van der Waals surface area (Å²) < 4.78 is 24.5. The second-order valence-electron chi connectivity index (χ2n) is 8.96. The molecule has 0 radical (unpaired) electrons. The average Bonchev–Trinajstić information content (AvgIpc) is 3.15. The summed E-state index contributed by atoms with van der Waals surface area (Å²) >= 11 is 0. The van der Waals surface area contributed by atoms with Crippen LogP contribution in [0.25, 0.3) is 17.0 Å². The highest BCUT2D eigenvalue weighted by Gasteiger charge is 2.26. The minimum Gasteiger partial charge on any atom is -0.493 e.